The number of halogens is 1. The maximum Gasteiger partial charge on any atom is 0.240 e. The van der Waals surface area contributed by atoms with Gasteiger partial charge in [0.15, 0.2) is 0 Å². The molecule has 0 radical (unpaired) electrons. The molecule has 0 amide bonds. The third kappa shape index (κ3) is 3.41. The van der Waals surface area contributed by atoms with Gasteiger partial charge in [0.1, 0.15) is 5.69 Å². The van der Waals surface area contributed by atoms with Gasteiger partial charge in [0.2, 0.25) is 11.8 Å². The zero-order chi connectivity index (χ0) is 15.4. The number of aryl methyl sites for hydroxylation is 1. The summed E-state index contributed by atoms with van der Waals surface area (Å²) in [6.07, 6.45) is 1.51. The lowest BCUT2D eigenvalue weighted by Crippen LogP contribution is -2.30. The molecule has 0 fully saturated rings. The van der Waals surface area contributed by atoms with E-state index in [0.717, 1.165) is 11.1 Å². The van der Waals surface area contributed by atoms with Crippen LogP contribution in [0.5, 0.6) is 11.8 Å². The Morgan fingerprint density at radius 3 is 2.57 bits per heavy atom. The molecule has 1 heterocycles. The fourth-order valence-corrected chi connectivity index (χ4v) is 2.38. The topological polar surface area (TPSA) is 82.3 Å². The number of methoxy groups -OCH3 is 2. The van der Waals surface area contributed by atoms with Gasteiger partial charge in [-0.2, -0.15) is 4.98 Å². The first-order chi connectivity index (χ1) is 10.1. The third-order valence-electron chi connectivity index (χ3n) is 2.99. The van der Waals surface area contributed by atoms with Gasteiger partial charge in [-0.1, -0.05) is 17.7 Å². The first-order valence-electron chi connectivity index (χ1n) is 6.27. The zero-order valence-corrected chi connectivity index (χ0v) is 12.8. The lowest BCUT2D eigenvalue weighted by Gasteiger charge is -2.18. The Hall–Kier alpha value is -1.89. The van der Waals surface area contributed by atoms with Crippen molar-refractivity contribution in [3.8, 4) is 11.8 Å². The van der Waals surface area contributed by atoms with Crippen LogP contribution in [-0.4, -0.2) is 24.2 Å². The molecule has 0 spiro atoms. The number of ether oxygens (including phenoxy) is 2. The predicted octanol–water partition coefficient (Wildman–Crippen LogP) is 2.01. The van der Waals surface area contributed by atoms with Gasteiger partial charge in [0.05, 0.1) is 26.5 Å². The van der Waals surface area contributed by atoms with E-state index in [-0.39, 0.29) is 0 Å². The molecule has 1 unspecified atom stereocenters. The maximum absolute atomic E-state index is 6.10. The van der Waals surface area contributed by atoms with Crippen molar-refractivity contribution in [3.05, 3.63) is 46.2 Å². The summed E-state index contributed by atoms with van der Waals surface area (Å²) in [5.74, 6) is 6.40. The average Bonchev–Trinajstić information content (AvgIpc) is 2.47. The van der Waals surface area contributed by atoms with E-state index in [1.165, 1.54) is 20.4 Å². The number of aromatic nitrogens is 2. The van der Waals surface area contributed by atoms with Crippen molar-refractivity contribution >= 4 is 11.6 Å². The Labute approximate surface area is 128 Å². The average molecular weight is 309 g/mol. The highest BCUT2D eigenvalue weighted by Crippen LogP contribution is 2.29. The molecule has 0 bridgehead atoms. The molecule has 6 nitrogen and oxygen atoms in total. The lowest BCUT2D eigenvalue weighted by atomic mass is 10.0. The molecule has 2 aromatic rings. The summed E-state index contributed by atoms with van der Waals surface area (Å²) in [4.78, 5) is 8.54. The maximum atomic E-state index is 6.10. The van der Waals surface area contributed by atoms with Crippen molar-refractivity contribution in [2.45, 2.75) is 13.0 Å². The lowest BCUT2D eigenvalue weighted by molar-refractivity contribution is 0.352. The number of nitrogens with zero attached hydrogens (tertiary/aromatic N) is 2. The summed E-state index contributed by atoms with van der Waals surface area (Å²) in [6.45, 7) is 1.96. The van der Waals surface area contributed by atoms with Gasteiger partial charge in [-0.15, -0.1) is 0 Å². The first-order valence-corrected chi connectivity index (χ1v) is 6.65. The molecular weight excluding hydrogens is 292 g/mol. The highest BCUT2D eigenvalue weighted by Gasteiger charge is 2.21. The van der Waals surface area contributed by atoms with Crippen molar-refractivity contribution in [2.75, 3.05) is 14.2 Å². The van der Waals surface area contributed by atoms with Crippen LogP contribution < -0.4 is 20.7 Å². The fraction of sp³-hybridized carbons (Fsp3) is 0.286. The molecule has 1 aromatic heterocycles. The van der Waals surface area contributed by atoms with Crippen molar-refractivity contribution < 1.29 is 9.47 Å². The van der Waals surface area contributed by atoms with Gasteiger partial charge in [-0.25, -0.2) is 10.4 Å². The number of rotatable bonds is 5. The number of benzene rings is 1. The summed E-state index contributed by atoms with van der Waals surface area (Å²) in [7, 11) is 3.03. The Morgan fingerprint density at radius 2 is 2.00 bits per heavy atom. The van der Waals surface area contributed by atoms with E-state index < -0.39 is 6.04 Å². The minimum atomic E-state index is -0.393. The molecule has 112 valence electrons. The van der Waals surface area contributed by atoms with Crippen LogP contribution in [0.15, 0.2) is 24.4 Å². The summed E-state index contributed by atoms with van der Waals surface area (Å²) in [6, 6.07) is 5.28. The standard InChI is InChI=1S/C14H17ClN4O2/c1-8-4-9(6-10(15)5-8)12(19-16)13-14(21-3)18-11(20-2)7-17-13/h4-7,12,19H,16H2,1-3H3. The second kappa shape index (κ2) is 6.71. The molecule has 0 aliphatic carbocycles. The quantitative estimate of drug-likeness (QED) is 0.649. The predicted molar refractivity (Wildman–Crippen MR) is 80.5 cm³/mol. The van der Waals surface area contributed by atoms with Crippen LogP contribution >= 0.6 is 11.6 Å². The number of hydrogen-bond donors (Lipinski definition) is 2. The van der Waals surface area contributed by atoms with Gasteiger partial charge in [-0.3, -0.25) is 5.84 Å². The second-order valence-corrected chi connectivity index (χ2v) is 4.90. The Bertz CT molecular complexity index is 616. The molecule has 2 rings (SSSR count). The summed E-state index contributed by atoms with van der Waals surface area (Å²) >= 11 is 6.10. The third-order valence-corrected chi connectivity index (χ3v) is 3.20. The van der Waals surface area contributed by atoms with Crippen LogP contribution in [0, 0.1) is 6.92 Å². The summed E-state index contributed by atoms with van der Waals surface area (Å²) in [5.41, 5.74) is 5.18. The summed E-state index contributed by atoms with van der Waals surface area (Å²) in [5, 5.41) is 0.630. The minimum Gasteiger partial charge on any atom is -0.480 e. The number of hydrazine groups is 1. The van der Waals surface area contributed by atoms with E-state index in [0.29, 0.717) is 22.5 Å². The molecule has 7 heteroatoms. The SMILES string of the molecule is COc1cnc(C(NN)c2cc(C)cc(Cl)c2)c(OC)n1. The molecule has 0 aliphatic heterocycles. The van der Waals surface area contributed by atoms with Crippen LogP contribution in [-0.2, 0) is 0 Å². The van der Waals surface area contributed by atoms with Gasteiger partial charge in [0.25, 0.3) is 0 Å². The van der Waals surface area contributed by atoms with E-state index in [1.54, 1.807) is 0 Å². The molecule has 0 saturated carbocycles. The Kier molecular flexibility index (Phi) is 4.95. The van der Waals surface area contributed by atoms with Gasteiger partial charge in [0, 0.05) is 5.02 Å². The molecule has 21 heavy (non-hydrogen) atoms. The number of nitrogens with one attached hydrogen (secondary N) is 1. The monoisotopic (exact) mass is 308 g/mol. The molecule has 3 N–H and O–H groups in total. The van der Waals surface area contributed by atoms with E-state index in [2.05, 4.69) is 15.4 Å². The molecule has 1 atom stereocenters. The first kappa shape index (κ1) is 15.5. The summed E-state index contributed by atoms with van der Waals surface area (Å²) < 4.78 is 10.3. The number of hydrogen-bond acceptors (Lipinski definition) is 6. The van der Waals surface area contributed by atoms with E-state index >= 15 is 0 Å². The van der Waals surface area contributed by atoms with E-state index in [1.807, 2.05) is 25.1 Å². The van der Waals surface area contributed by atoms with Crippen LogP contribution in [0.4, 0.5) is 0 Å². The normalized spacial score (nSPS) is 12.0. The van der Waals surface area contributed by atoms with Crippen molar-refractivity contribution in [3.63, 3.8) is 0 Å². The second-order valence-electron chi connectivity index (χ2n) is 4.47. The molecule has 0 saturated heterocycles. The van der Waals surface area contributed by atoms with Gasteiger partial charge in [-0.05, 0) is 30.2 Å². The van der Waals surface area contributed by atoms with Crippen molar-refractivity contribution in [2.24, 2.45) is 5.84 Å². The van der Waals surface area contributed by atoms with Crippen LogP contribution in [0.2, 0.25) is 5.02 Å². The molecular formula is C14H17ClN4O2. The molecule has 0 aliphatic rings. The smallest absolute Gasteiger partial charge is 0.240 e. The fourth-order valence-electron chi connectivity index (χ4n) is 2.08. The largest absolute Gasteiger partial charge is 0.480 e. The highest BCUT2D eigenvalue weighted by molar-refractivity contribution is 6.30. The van der Waals surface area contributed by atoms with Crippen molar-refractivity contribution in [1.29, 1.82) is 0 Å². The van der Waals surface area contributed by atoms with Crippen LogP contribution in [0.25, 0.3) is 0 Å². The minimum absolute atomic E-state index is 0.343. The van der Waals surface area contributed by atoms with Crippen LogP contribution in [0.1, 0.15) is 22.9 Å². The zero-order valence-electron chi connectivity index (χ0n) is 12.1. The van der Waals surface area contributed by atoms with Crippen molar-refractivity contribution in [1.82, 2.24) is 15.4 Å². The Morgan fingerprint density at radius 1 is 1.24 bits per heavy atom. The van der Waals surface area contributed by atoms with E-state index in [4.69, 9.17) is 26.9 Å². The highest BCUT2D eigenvalue weighted by atomic mass is 35.5. The van der Waals surface area contributed by atoms with E-state index in [9.17, 15) is 0 Å². The molecule has 1 aromatic carbocycles. The van der Waals surface area contributed by atoms with Crippen LogP contribution in [0.3, 0.4) is 0 Å². The van der Waals surface area contributed by atoms with Gasteiger partial charge < -0.3 is 9.47 Å². The number of nitrogens with two attached hydrogens (primary N) is 1. The Balaban J connectivity index is 2.50. The van der Waals surface area contributed by atoms with Gasteiger partial charge >= 0.3 is 0 Å².